The zero-order valence-electron chi connectivity index (χ0n) is 11.4. The maximum Gasteiger partial charge on any atom is 0.332 e. The lowest BCUT2D eigenvalue weighted by Gasteiger charge is -2.34. The Balaban J connectivity index is 2.25. The highest BCUT2D eigenvalue weighted by atomic mass is 32.1. The molecule has 0 spiro atoms. The van der Waals surface area contributed by atoms with Crippen LogP contribution in [0.1, 0.15) is 23.4 Å². The van der Waals surface area contributed by atoms with E-state index < -0.39 is 29.9 Å². The van der Waals surface area contributed by atoms with Gasteiger partial charge >= 0.3 is 11.9 Å². The number of rotatable bonds is 4. The summed E-state index contributed by atoms with van der Waals surface area (Å²) in [6.45, 7) is 1.93. The minimum atomic E-state index is -1.49. The van der Waals surface area contributed by atoms with Gasteiger partial charge in [-0.25, -0.2) is 9.59 Å². The molecule has 2 atom stereocenters. The normalized spacial score (nSPS) is 18.8. The molecule has 114 valence electrons. The Morgan fingerprint density at radius 2 is 2.29 bits per heavy atom. The number of aliphatic carboxylic acids is 1. The van der Waals surface area contributed by atoms with Crippen LogP contribution >= 0.6 is 11.3 Å². The van der Waals surface area contributed by atoms with Crippen molar-refractivity contribution in [2.75, 3.05) is 13.2 Å². The van der Waals surface area contributed by atoms with E-state index >= 15 is 0 Å². The van der Waals surface area contributed by atoms with Gasteiger partial charge in [-0.05, 0) is 30.4 Å². The molecule has 1 aromatic rings. The fourth-order valence-corrected chi connectivity index (χ4v) is 3.24. The van der Waals surface area contributed by atoms with Gasteiger partial charge in [0.2, 0.25) is 0 Å². The van der Waals surface area contributed by atoms with E-state index in [0.29, 0.717) is 12.0 Å². The van der Waals surface area contributed by atoms with Crippen LogP contribution in [0.4, 0.5) is 0 Å². The van der Waals surface area contributed by atoms with Crippen LogP contribution in [0.25, 0.3) is 0 Å². The van der Waals surface area contributed by atoms with Crippen LogP contribution in [-0.4, -0.2) is 47.0 Å². The number of hydrogen-bond acceptors (Lipinski definition) is 6. The molecule has 2 heterocycles. The molecule has 0 fully saturated rings. The highest BCUT2D eigenvalue weighted by molar-refractivity contribution is 7.10. The molecule has 1 aliphatic rings. The number of nitrogens with two attached hydrogens (primary N) is 1. The van der Waals surface area contributed by atoms with Gasteiger partial charge in [-0.1, -0.05) is 0 Å². The van der Waals surface area contributed by atoms with Crippen LogP contribution in [0.2, 0.25) is 0 Å². The van der Waals surface area contributed by atoms with Crippen molar-refractivity contribution in [2.24, 2.45) is 5.73 Å². The molecule has 0 radical (unpaired) electrons. The van der Waals surface area contributed by atoms with Crippen LogP contribution in [0.5, 0.6) is 0 Å². The molecule has 3 N–H and O–H groups in total. The molecule has 0 saturated carbocycles. The predicted molar refractivity (Wildman–Crippen MR) is 74.7 cm³/mol. The van der Waals surface area contributed by atoms with Crippen LogP contribution in [0, 0.1) is 0 Å². The van der Waals surface area contributed by atoms with Crippen LogP contribution < -0.4 is 5.73 Å². The van der Waals surface area contributed by atoms with Gasteiger partial charge in [0.1, 0.15) is 0 Å². The van der Waals surface area contributed by atoms with E-state index in [1.54, 1.807) is 18.4 Å². The fraction of sp³-hybridized carbons (Fsp3) is 0.462. The van der Waals surface area contributed by atoms with Crippen molar-refractivity contribution in [2.45, 2.75) is 25.4 Å². The van der Waals surface area contributed by atoms with E-state index in [1.807, 2.05) is 0 Å². The molecule has 0 aromatic carbocycles. The van der Waals surface area contributed by atoms with Gasteiger partial charge in [0.25, 0.3) is 5.91 Å². The zero-order chi connectivity index (χ0) is 15.6. The number of esters is 1. The maximum atomic E-state index is 12.3. The second kappa shape index (κ2) is 6.23. The van der Waals surface area contributed by atoms with E-state index in [9.17, 15) is 19.5 Å². The van der Waals surface area contributed by atoms with Crippen molar-refractivity contribution in [3.05, 3.63) is 21.9 Å². The molecule has 21 heavy (non-hydrogen) atoms. The number of fused-ring (bicyclic) bond motifs is 1. The topological polar surface area (TPSA) is 110 Å². The number of carboxylic acids is 1. The Kier molecular flexibility index (Phi) is 4.59. The summed E-state index contributed by atoms with van der Waals surface area (Å²) in [5, 5.41) is 11.2. The lowest BCUT2D eigenvalue weighted by molar-refractivity contribution is -0.157. The van der Waals surface area contributed by atoms with Gasteiger partial charge < -0.3 is 20.5 Å². The molecule has 8 heteroatoms. The molecule has 0 aliphatic carbocycles. The van der Waals surface area contributed by atoms with Crippen molar-refractivity contribution in [1.82, 2.24) is 4.90 Å². The Bertz CT molecular complexity index is 571. The van der Waals surface area contributed by atoms with Gasteiger partial charge in [-0.15, -0.1) is 11.3 Å². The summed E-state index contributed by atoms with van der Waals surface area (Å²) in [4.78, 5) is 37.4. The van der Waals surface area contributed by atoms with Crippen LogP contribution in [-0.2, 0) is 25.5 Å². The van der Waals surface area contributed by atoms with E-state index in [-0.39, 0.29) is 13.2 Å². The Labute approximate surface area is 125 Å². The number of carbonyl (C=O) groups is 3. The summed E-state index contributed by atoms with van der Waals surface area (Å²) < 4.78 is 4.71. The molecular weight excluding hydrogens is 296 g/mol. The van der Waals surface area contributed by atoms with Gasteiger partial charge in [0.05, 0.1) is 6.61 Å². The number of amides is 1. The number of thiophene rings is 1. The van der Waals surface area contributed by atoms with E-state index in [0.717, 1.165) is 9.78 Å². The molecule has 2 rings (SSSR count). The predicted octanol–water partition coefficient (Wildman–Crippen LogP) is 0.149. The molecule has 0 bridgehead atoms. The van der Waals surface area contributed by atoms with Crippen molar-refractivity contribution < 1.29 is 24.2 Å². The van der Waals surface area contributed by atoms with Crippen molar-refractivity contribution >= 4 is 29.2 Å². The van der Waals surface area contributed by atoms with Crippen LogP contribution in [0.15, 0.2) is 11.4 Å². The lowest BCUT2D eigenvalue weighted by Crippen LogP contribution is -2.53. The third-order valence-electron chi connectivity index (χ3n) is 3.29. The van der Waals surface area contributed by atoms with Crippen molar-refractivity contribution in [3.8, 4) is 0 Å². The standard InChI is InChI=1S/C13H16N2O5S/c1-2-20-13(19)9(14)11(16)15-5-3-8-7(4-6-21-8)10(15)12(17)18/h4,6,9-10H,2-3,5,14H2,1H3,(H,17,18). The Morgan fingerprint density at radius 3 is 2.90 bits per heavy atom. The highest BCUT2D eigenvalue weighted by Gasteiger charge is 2.40. The largest absolute Gasteiger partial charge is 0.479 e. The minimum Gasteiger partial charge on any atom is -0.479 e. The SMILES string of the molecule is CCOC(=O)C(N)C(=O)N1CCc2sccc2C1C(=O)O. The quantitative estimate of drug-likeness (QED) is 0.605. The third-order valence-corrected chi connectivity index (χ3v) is 4.29. The lowest BCUT2D eigenvalue weighted by atomic mass is 9.99. The average Bonchev–Trinajstić information content (AvgIpc) is 2.92. The first-order valence-electron chi connectivity index (χ1n) is 6.49. The van der Waals surface area contributed by atoms with E-state index in [4.69, 9.17) is 10.5 Å². The molecule has 2 unspecified atom stereocenters. The Hall–Kier alpha value is -1.93. The summed E-state index contributed by atoms with van der Waals surface area (Å²) in [5.41, 5.74) is 6.17. The second-order valence-electron chi connectivity index (χ2n) is 4.55. The first-order chi connectivity index (χ1) is 9.97. The summed E-state index contributed by atoms with van der Waals surface area (Å²) in [7, 11) is 0. The maximum absolute atomic E-state index is 12.3. The van der Waals surface area contributed by atoms with Gasteiger partial charge in [-0.2, -0.15) is 0 Å². The van der Waals surface area contributed by atoms with Gasteiger partial charge in [0.15, 0.2) is 12.1 Å². The first-order valence-corrected chi connectivity index (χ1v) is 7.37. The molecule has 7 nitrogen and oxygen atoms in total. The van der Waals surface area contributed by atoms with E-state index in [2.05, 4.69) is 0 Å². The third kappa shape index (κ3) is 2.91. The van der Waals surface area contributed by atoms with E-state index in [1.165, 1.54) is 11.3 Å². The Morgan fingerprint density at radius 1 is 1.57 bits per heavy atom. The highest BCUT2D eigenvalue weighted by Crippen LogP contribution is 2.33. The fourth-order valence-electron chi connectivity index (χ4n) is 2.33. The summed E-state index contributed by atoms with van der Waals surface area (Å²) in [6, 6.07) is -0.909. The monoisotopic (exact) mass is 312 g/mol. The minimum absolute atomic E-state index is 0.108. The number of carboxylic acid groups (broad SMARTS) is 1. The number of hydrogen-bond donors (Lipinski definition) is 2. The summed E-state index contributed by atoms with van der Waals surface area (Å²) in [5.74, 6) is -2.71. The number of ether oxygens (including phenoxy) is 1. The zero-order valence-corrected chi connectivity index (χ0v) is 12.3. The molecular formula is C13H16N2O5S. The van der Waals surface area contributed by atoms with Gasteiger partial charge in [-0.3, -0.25) is 4.79 Å². The van der Waals surface area contributed by atoms with Gasteiger partial charge in [0, 0.05) is 11.4 Å². The second-order valence-corrected chi connectivity index (χ2v) is 5.55. The first kappa shape index (κ1) is 15.5. The van der Waals surface area contributed by atoms with Crippen molar-refractivity contribution in [1.29, 1.82) is 0 Å². The summed E-state index contributed by atoms with van der Waals surface area (Å²) in [6.07, 6.45) is 0.554. The molecule has 1 aromatic heterocycles. The van der Waals surface area contributed by atoms with Crippen molar-refractivity contribution in [3.63, 3.8) is 0 Å². The summed E-state index contributed by atoms with van der Waals surface area (Å²) >= 11 is 1.46. The van der Waals surface area contributed by atoms with Crippen LogP contribution in [0.3, 0.4) is 0 Å². The molecule has 1 aliphatic heterocycles. The number of nitrogens with zero attached hydrogens (tertiary/aromatic N) is 1. The average molecular weight is 312 g/mol. The molecule has 1 amide bonds. The smallest absolute Gasteiger partial charge is 0.332 e. The molecule has 0 saturated heterocycles. The number of carbonyl (C=O) groups excluding carboxylic acids is 2.